The largest absolute Gasteiger partial charge is 0.504 e. The molecule has 0 saturated carbocycles. The van der Waals surface area contributed by atoms with Crippen molar-refractivity contribution in [1.29, 1.82) is 5.26 Å². The third-order valence-corrected chi connectivity index (χ3v) is 4.74. The molecule has 1 heterocycles. The Labute approximate surface area is 150 Å². The maximum absolute atomic E-state index is 12.9. The van der Waals surface area contributed by atoms with Crippen LogP contribution in [0.15, 0.2) is 42.0 Å². The lowest BCUT2D eigenvalue weighted by Gasteiger charge is -2.14. The molecule has 3 aromatic rings. The number of nitrogens with one attached hydrogen (secondary N) is 1. The normalized spacial score (nSPS) is 15.1. The first kappa shape index (κ1) is 16.0. The highest BCUT2D eigenvalue weighted by molar-refractivity contribution is 6.15. The first-order valence-electron chi connectivity index (χ1n) is 8.27. The Morgan fingerprint density at radius 1 is 1.23 bits per heavy atom. The fourth-order valence-corrected chi connectivity index (χ4v) is 3.44. The second kappa shape index (κ2) is 6.08. The van der Waals surface area contributed by atoms with Gasteiger partial charge in [-0.1, -0.05) is 12.1 Å². The van der Waals surface area contributed by atoms with Crippen LogP contribution in [0.2, 0.25) is 0 Å². The van der Waals surface area contributed by atoms with E-state index in [9.17, 15) is 9.90 Å². The highest BCUT2D eigenvalue weighted by Gasteiger charge is 2.26. The predicted octanol–water partition coefficient (Wildman–Crippen LogP) is 3.97. The fourth-order valence-electron chi connectivity index (χ4n) is 3.44. The van der Waals surface area contributed by atoms with Crippen molar-refractivity contribution >= 4 is 22.8 Å². The maximum Gasteiger partial charge on any atom is 0.205 e. The zero-order valence-electron chi connectivity index (χ0n) is 14.2. The molecule has 0 amide bonds. The molecule has 0 unspecified atom stereocenters. The summed E-state index contributed by atoms with van der Waals surface area (Å²) in [6.07, 6.45) is 3.23. The second-order valence-corrected chi connectivity index (χ2v) is 6.28. The molecule has 0 spiro atoms. The number of phenolic OH excluding ortho intramolecular Hbond substituents is 1. The van der Waals surface area contributed by atoms with Crippen LogP contribution in [-0.2, 0) is 6.42 Å². The van der Waals surface area contributed by atoms with E-state index < -0.39 is 0 Å². The molecular weight excluding hydrogens is 328 g/mol. The summed E-state index contributed by atoms with van der Waals surface area (Å²) in [5.74, 6) is 0.404. The Morgan fingerprint density at radius 2 is 2.08 bits per heavy atom. The number of aromatic amines is 1. The molecular formula is C21H16N2O3. The molecule has 1 aromatic heterocycles. The van der Waals surface area contributed by atoms with Gasteiger partial charge < -0.3 is 14.8 Å². The molecule has 0 saturated heterocycles. The smallest absolute Gasteiger partial charge is 0.205 e. The molecule has 0 radical (unpaired) electrons. The molecule has 26 heavy (non-hydrogen) atoms. The zero-order valence-corrected chi connectivity index (χ0v) is 14.2. The number of nitriles is 1. The monoisotopic (exact) mass is 344 g/mol. The molecule has 1 aliphatic carbocycles. The number of hydrogen-bond acceptors (Lipinski definition) is 4. The highest BCUT2D eigenvalue weighted by atomic mass is 16.5. The Bertz CT molecular complexity index is 1120. The summed E-state index contributed by atoms with van der Waals surface area (Å²) in [5.41, 5.74) is 4.49. The number of H-pyrrole nitrogens is 1. The van der Waals surface area contributed by atoms with E-state index in [0.29, 0.717) is 29.0 Å². The lowest BCUT2D eigenvalue weighted by atomic mass is 9.89. The van der Waals surface area contributed by atoms with Crippen LogP contribution in [0.4, 0.5) is 0 Å². The average molecular weight is 344 g/mol. The van der Waals surface area contributed by atoms with Crippen molar-refractivity contribution in [2.45, 2.75) is 12.8 Å². The average Bonchev–Trinajstić information content (AvgIpc) is 3.04. The van der Waals surface area contributed by atoms with Crippen molar-refractivity contribution in [2.75, 3.05) is 7.11 Å². The van der Waals surface area contributed by atoms with Gasteiger partial charge in [0, 0.05) is 16.5 Å². The van der Waals surface area contributed by atoms with Crippen molar-refractivity contribution in [3.05, 3.63) is 64.4 Å². The van der Waals surface area contributed by atoms with Crippen LogP contribution in [0, 0.1) is 11.3 Å². The zero-order chi connectivity index (χ0) is 18.3. The number of hydrogen-bond donors (Lipinski definition) is 2. The fraction of sp³-hybridized carbons (Fsp3) is 0.143. The van der Waals surface area contributed by atoms with E-state index in [-0.39, 0.29) is 11.5 Å². The summed E-state index contributed by atoms with van der Waals surface area (Å²) < 4.78 is 5.12. The van der Waals surface area contributed by atoms with Gasteiger partial charge in [-0.3, -0.25) is 4.79 Å². The number of aromatic nitrogens is 1. The van der Waals surface area contributed by atoms with Gasteiger partial charge >= 0.3 is 0 Å². The number of carbonyl (C=O) groups is 1. The summed E-state index contributed by atoms with van der Waals surface area (Å²) in [7, 11) is 1.49. The van der Waals surface area contributed by atoms with Gasteiger partial charge in [0.05, 0.1) is 24.4 Å². The first-order chi connectivity index (χ1) is 12.6. The third-order valence-electron chi connectivity index (χ3n) is 4.74. The minimum Gasteiger partial charge on any atom is -0.504 e. The van der Waals surface area contributed by atoms with Gasteiger partial charge in [-0.15, -0.1) is 0 Å². The molecule has 5 nitrogen and oxygen atoms in total. The molecule has 0 atom stereocenters. The summed E-state index contributed by atoms with van der Waals surface area (Å²) in [6.45, 7) is 0. The standard InChI is InChI=1S/C21H16N2O3/c1-26-19-10-12(3-7-18(19)24)8-14-4-6-16-15-5-2-13(11-22)9-17(15)23-20(16)21(14)25/h2-3,5,7-10,23-24H,4,6H2,1H3/b14-8+. The van der Waals surface area contributed by atoms with Gasteiger partial charge in [0.25, 0.3) is 0 Å². The minimum absolute atomic E-state index is 0.0343. The number of rotatable bonds is 2. The Kier molecular flexibility index (Phi) is 3.74. The van der Waals surface area contributed by atoms with Crippen LogP contribution < -0.4 is 4.74 Å². The first-order valence-corrected chi connectivity index (χ1v) is 8.27. The van der Waals surface area contributed by atoms with Gasteiger partial charge in [0.2, 0.25) is 5.78 Å². The number of ketones is 1. The van der Waals surface area contributed by atoms with E-state index in [1.54, 1.807) is 30.3 Å². The molecule has 1 aliphatic rings. The van der Waals surface area contributed by atoms with Gasteiger partial charge in [-0.25, -0.2) is 0 Å². The van der Waals surface area contributed by atoms with Crippen LogP contribution in [-0.4, -0.2) is 23.0 Å². The van der Waals surface area contributed by atoms with E-state index >= 15 is 0 Å². The van der Waals surface area contributed by atoms with Gasteiger partial charge in [-0.05, 0) is 54.3 Å². The van der Waals surface area contributed by atoms with Crippen molar-refractivity contribution in [3.8, 4) is 17.6 Å². The number of benzene rings is 2. The number of aromatic hydroxyl groups is 1. The van der Waals surface area contributed by atoms with E-state index in [4.69, 9.17) is 10.00 Å². The number of allylic oxidation sites excluding steroid dienone is 1. The van der Waals surface area contributed by atoms with Crippen LogP contribution in [0.25, 0.3) is 17.0 Å². The van der Waals surface area contributed by atoms with Crippen molar-refractivity contribution in [1.82, 2.24) is 4.98 Å². The number of phenols is 1. The van der Waals surface area contributed by atoms with Crippen molar-refractivity contribution in [3.63, 3.8) is 0 Å². The van der Waals surface area contributed by atoms with Crippen molar-refractivity contribution in [2.24, 2.45) is 0 Å². The highest BCUT2D eigenvalue weighted by Crippen LogP contribution is 2.33. The number of Topliss-reactive ketones (excluding diaryl/α,β-unsaturated/α-hetero) is 1. The van der Waals surface area contributed by atoms with Crippen LogP contribution >= 0.6 is 0 Å². The van der Waals surface area contributed by atoms with Gasteiger partial charge in [0.15, 0.2) is 11.5 Å². The van der Waals surface area contributed by atoms with Crippen LogP contribution in [0.3, 0.4) is 0 Å². The second-order valence-electron chi connectivity index (χ2n) is 6.28. The summed E-state index contributed by atoms with van der Waals surface area (Å²) in [6, 6.07) is 12.6. The lowest BCUT2D eigenvalue weighted by molar-refractivity contribution is 0.102. The lowest BCUT2D eigenvalue weighted by Crippen LogP contribution is -2.13. The van der Waals surface area contributed by atoms with Crippen molar-refractivity contribution < 1.29 is 14.6 Å². The number of methoxy groups -OCH3 is 1. The SMILES string of the molecule is COc1cc(/C=C2\CCc3c([nH]c4cc(C#N)ccc34)C2=O)ccc1O. The van der Waals surface area contributed by atoms with E-state index in [2.05, 4.69) is 11.1 Å². The van der Waals surface area contributed by atoms with Gasteiger partial charge in [0.1, 0.15) is 0 Å². The Morgan fingerprint density at radius 3 is 2.85 bits per heavy atom. The molecule has 2 aromatic carbocycles. The molecule has 5 heteroatoms. The molecule has 128 valence electrons. The van der Waals surface area contributed by atoms with E-state index in [1.165, 1.54) is 7.11 Å². The number of nitrogens with zero attached hydrogens (tertiary/aromatic N) is 1. The number of aryl methyl sites for hydroxylation is 1. The molecule has 0 aliphatic heterocycles. The topological polar surface area (TPSA) is 86.1 Å². The quantitative estimate of drug-likeness (QED) is 0.689. The summed E-state index contributed by atoms with van der Waals surface area (Å²) in [5, 5.41) is 19.8. The van der Waals surface area contributed by atoms with E-state index in [0.717, 1.165) is 28.5 Å². The predicted molar refractivity (Wildman–Crippen MR) is 98.3 cm³/mol. The molecule has 4 rings (SSSR count). The number of ether oxygens (including phenoxy) is 1. The third kappa shape index (κ3) is 2.52. The molecule has 0 fully saturated rings. The van der Waals surface area contributed by atoms with Crippen LogP contribution in [0.1, 0.15) is 33.6 Å². The number of carbonyl (C=O) groups excluding carboxylic acids is 1. The number of fused-ring (bicyclic) bond motifs is 3. The Balaban J connectivity index is 1.75. The molecule has 2 N–H and O–H groups in total. The minimum atomic E-state index is -0.0343. The van der Waals surface area contributed by atoms with Crippen LogP contribution in [0.5, 0.6) is 11.5 Å². The molecule has 0 bridgehead atoms. The summed E-state index contributed by atoms with van der Waals surface area (Å²) >= 11 is 0. The Hall–Kier alpha value is -3.52. The summed E-state index contributed by atoms with van der Waals surface area (Å²) in [4.78, 5) is 16.1. The maximum atomic E-state index is 12.9. The van der Waals surface area contributed by atoms with Gasteiger partial charge in [-0.2, -0.15) is 5.26 Å². The van der Waals surface area contributed by atoms with E-state index in [1.807, 2.05) is 12.1 Å².